The molecule has 0 bridgehead atoms. The number of ether oxygens (including phenoxy) is 1. The molecule has 0 spiro atoms. The highest BCUT2D eigenvalue weighted by Gasteiger charge is 2.24. The van der Waals surface area contributed by atoms with Gasteiger partial charge in [0.15, 0.2) is 0 Å². The van der Waals surface area contributed by atoms with Crippen LogP contribution in [0, 0.1) is 12.8 Å². The number of carbonyl (C=O) groups excluding carboxylic acids is 2. The van der Waals surface area contributed by atoms with Crippen molar-refractivity contribution < 1.29 is 14.3 Å². The minimum atomic E-state index is -0.738. The van der Waals surface area contributed by atoms with E-state index in [0.717, 1.165) is 11.1 Å². The standard InChI is InChI=1S/C27H28ClN3O3/c1-18(2)25(30-26(32)20-14-12-19(3)13-15-20)27(33)31-29-16-21-8-5-7-11-24(21)34-17-22-9-4-6-10-23(22)28/h4-16,18,25H,17H2,1-3H3,(H,30,32)(H,31,33). The normalized spacial score (nSPS) is 11.9. The summed E-state index contributed by atoms with van der Waals surface area (Å²) in [4.78, 5) is 25.3. The van der Waals surface area contributed by atoms with Gasteiger partial charge in [0, 0.05) is 21.7 Å². The van der Waals surface area contributed by atoms with E-state index >= 15 is 0 Å². The molecular weight excluding hydrogens is 450 g/mol. The predicted octanol–water partition coefficient (Wildman–Crippen LogP) is 5.13. The largest absolute Gasteiger partial charge is 0.488 e. The first-order valence-electron chi connectivity index (χ1n) is 11.0. The maximum absolute atomic E-state index is 12.7. The van der Waals surface area contributed by atoms with Gasteiger partial charge in [0.1, 0.15) is 18.4 Å². The highest BCUT2D eigenvalue weighted by molar-refractivity contribution is 6.31. The van der Waals surface area contributed by atoms with Gasteiger partial charge in [0.05, 0.1) is 6.21 Å². The molecule has 0 heterocycles. The first-order valence-corrected chi connectivity index (χ1v) is 11.4. The molecule has 0 aliphatic rings. The molecule has 0 aliphatic carbocycles. The number of rotatable bonds is 9. The molecule has 0 fully saturated rings. The van der Waals surface area contributed by atoms with Crippen molar-refractivity contribution in [1.82, 2.24) is 10.7 Å². The van der Waals surface area contributed by atoms with Crippen molar-refractivity contribution in [2.24, 2.45) is 11.0 Å². The number of benzene rings is 3. The van der Waals surface area contributed by atoms with Crippen molar-refractivity contribution in [3.63, 3.8) is 0 Å². The van der Waals surface area contributed by atoms with Gasteiger partial charge >= 0.3 is 0 Å². The van der Waals surface area contributed by atoms with Gasteiger partial charge in [-0.25, -0.2) is 5.43 Å². The molecule has 34 heavy (non-hydrogen) atoms. The van der Waals surface area contributed by atoms with E-state index in [9.17, 15) is 9.59 Å². The summed E-state index contributed by atoms with van der Waals surface area (Å²) < 4.78 is 5.91. The van der Waals surface area contributed by atoms with E-state index in [1.807, 2.05) is 81.4 Å². The summed E-state index contributed by atoms with van der Waals surface area (Å²) in [5, 5.41) is 7.51. The van der Waals surface area contributed by atoms with Gasteiger partial charge in [-0.3, -0.25) is 9.59 Å². The molecule has 3 rings (SSSR count). The van der Waals surface area contributed by atoms with Crippen molar-refractivity contribution in [3.8, 4) is 5.75 Å². The number of carbonyl (C=O) groups is 2. The van der Waals surface area contributed by atoms with Crippen LogP contribution in [0.25, 0.3) is 0 Å². The van der Waals surface area contributed by atoms with E-state index < -0.39 is 11.9 Å². The summed E-state index contributed by atoms with van der Waals surface area (Å²) in [7, 11) is 0. The third kappa shape index (κ3) is 6.93. The number of hydrogen-bond acceptors (Lipinski definition) is 4. The Bertz CT molecular complexity index is 1160. The van der Waals surface area contributed by atoms with E-state index in [-0.39, 0.29) is 11.8 Å². The minimum absolute atomic E-state index is 0.129. The maximum Gasteiger partial charge on any atom is 0.262 e. The van der Waals surface area contributed by atoms with Crippen LogP contribution in [-0.4, -0.2) is 24.1 Å². The Balaban J connectivity index is 1.63. The average molecular weight is 478 g/mol. The Morgan fingerprint density at radius 3 is 2.38 bits per heavy atom. The van der Waals surface area contributed by atoms with E-state index in [4.69, 9.17) is 16.3 Å². The van der Waals surface area contributed by atoms with Gasteiger partial charge in [-0.2, -0.15) is 5.10 Å². The molecule has 2 N–H and O–H groups in total. The Kier molecular flexibility index (Phi) is 8.82. The molecule has 6 nitrogen and oxygen atoms in total. The van der Waals surface area contributed by atoms with Crippen LogP contribution < -0.4 is 15.5 Å². The van der Waals surface area contributed by atoms with Gasteiger partial charge in [-0.05, 0) is 43.2 Å². The van der Waals surface area contributed by atoms with E-state index in [2.05, 4.69) is 15.8 Å². The molecule has 0 radical (unpaired) electrons. The fraction of sp³-hybridized carbons (Fsp3) is 0.222. The number of nitrogens with zero attached hydrogens (tertiary/aromatic N) is 1. The second kappa shape index (κ2) is 12.0. The Labute approximate surface area is 205 Å². The Morgan fingerprint density at radius 1 is 1.00 bits per heavy atom. The Hall–Kier alpha value is -3.64. The number of hydrogen-bond donors (Lipinski definition) is 2. The molecule has 3 aromatic rings. The zero-order valence-electron chi connectivity index (χ0n) is 19.4. The number of nitrogens with one attached hydrogen (secondary N) is 2. The summed E-state index contributed by atoms with van der Waals surface area (Å²) in [6.07, 6.45) is 1.51. The summed E-state index contributed by atoms with van der Waals surface area (Å²) in [5.74, 6) is -0.235. The first kappa shape index (κ1) is 25.0. The van der Waals surface area contributed by atoms with Crippen molar-refractivity contribution in [3.05, 3.63) is 100 Å². The smallest absolute Gasteiger partial charge is 0.262 e. The molecule has 1 unspecified atom stereocenters. The topological polar surface area (TPSA) is 79.8 Å². The van der Waals surface area contributed by atoms with Gasteiger partial charge in [-0.15, -0.1) is 0 Å². The summed E-state index contributed by atoms with van der Waals surface area (Å²) >= 11 is 6.20. The molecule has 0 saturated carbocycles. The lowest BCUT2D eigenvalue weighted by molar-refractivity contribution is -0.123. The number of amides is 2. The van der Waals surface area contributed by atoms with Crippen LogP contribution in [0.15, 0.2) is 77.9 Å². The third-order valence-corrected chi connectivity index (χ3v) is 5.56. The SMILES string of the molecule is Cc1ccc(C(=O)NC(C(=O)NN=Cc2ccccc2OCc2ccccc2Cl)C(C)C)cc1. The number of aryl methyl sites for hydroxylation is 1. The van der Waals surface area contributed by atoms with E-state index in [0.29, 0.717) is 28.5 Å². The van der Waals surface area contributed by atoms with Crippen LogP contribution >= 0.6 is 11.6 Å². The van der Waals surface area contributed by atoms with Crippen LogP contribution in [0.4, 0.5) is 0 Å². The molecule has 2 amide bonds. The fourth-order valence-electron chi connectivity index (χ4n) is 3.19. The van der Waals surface area contributed by atoms with Crippen LogP contribution in [-0.2, 0) is 11.4 Å². The summed E-state index contributed by atoms with van der Waals surface area (Å²) in [6, 6.07) is 21.3. The fourth-order valence-corrected chi connectivity index (χ4v) is 3.38. The number of halogens is 1. The molecule has 7 heteroatoms. The quantitative estimate of drug-likeness (QED) is 0.331. The van der Waals surface area contributed by atoms with E-state index in [1.165, 1.54) is 6.21 Å². The minimum Gasteiger partial charge on any atom is -0.488 e. The van der Waals surface area contributed by atoms with Gasteiger partial charge < -0.3 is 10.1 Å². The molecular formula is C27H28ClN3O3. The van der Waals surface area contributed by atoms with Crippen LogP contribution in [0.5, 0.6) is 5.75 Å². The summed E-state index contributed by atoms with van der Waals surface area (Å²) in [6.45, 7) is 5.98. The van der Waals surface area contributed by atoms with Crippen molar-refractivity contribution >= 4 is 29.6 Å². The lowest BCUT2D eigenvalue weighted by Crippen LogP contribution is -2.48. The molecule has 176 valence electrons. The van der Waals surface area contributed by atoms with Crippen molar-refractivity contribution in [1.29, 1.82) is 0 Å². The lowest BCUT2D eigenvalue weighted by atomic mass is 10.0. The number of hydrazone groups is 1. The van der Waals surface area contributed by atoms with Crippen molar-refractivity contribution in [2.75, 3.05) is 0 Å². The number of para-hydroxylation sites is 1. The maximum atomic E-state index is 12.7. The van der Waals surface area contributed by atoms with Gasteiger partial charge in [0.25, 0.3) is 11.8 Å². The van der Waals surface area contributed by atoms with Crippen molar-refractivity contribution in [2.45, 2.75) is 33.4 Å². The molecule has 0 aliphatic heterocycles. The second-order valence-corrected chi connectivity index (χ2v) is 8.62. The monoisotopic (exact) mass is 477 g/mol. The highest BCUT2D eigenvalue weighted by atomic mass is 35.5. The van der Waals surface area contributed by atoms with Crippen LogP contribution in [0.1, 0.15) is 40.9 Å². The molecule has 1 atom stereocenters. The first-order chi connectivity index (χ1) is 16.3. The van der Waals surface area contributed by atoms with Gasteiger partial charge in [-0.1, -0.05) is 73.5 Å². The molecule has 3 aromatic carbocycles. The second-order valence-electron chi connectivity index (χ2n) is 8.21. The Morgan fingerprint density at radius 2 is 1.68 bits per heavy atom. The molecule has 0 aromatic heterocycles. The third-order valence-electron chi connectivity index (χ3n) is 5.19. The predicted molar refractivity (Wildman–Crippen MR) is 135 cm³/mol. The lowest BCUT2D eigenvalue weighted by Gasteiger charge is -2.20. The van der Waals surface area contributed by atoms with E-state index in [1.54, 1.807) is 12.1 Å². The summed E-state index contributed by atoms with van der Waals surface area (Å²) in [5.41, 5.74) is 5.64. The zero-order valence-corrected chi connectivity index (χ0v) is 20.2. The van der Waals surface area contributed by atoms with Crippen LogP contribution in [0.2, 0.25) is 5.02 Å². The highest BCUT2D eigenvalue weighted by Crippen LogP contribution is 2.21. The van der Waals surface area contributed by atoms with Gasteiger partial charge in [0.2, 0.25) is 0 Å². The van der Waals surface area contributed by atoms with Crippen LogP contribution in [0.3, 0.4) is 0 Å². The molecule has 0 saturated heterocycles. The zero-order chi connectivity index (χ0) is 24.5. The average Bonchev–Trinajstić information content (AvgIpc) is 2.82.